The molecule has 3 aromatic carbocycles. The van der Waals surface area contributed by atoms with Crippen LogP contribution in [0.4, 0.5) is 32.3 Å². The van der Waals surface area contributed by atoms with Gasteiger partial charge in [0, 0.05) is 0 Å². The predicted octanol–water partition coefficient (Wildman–Crippen LogP) is 8.84. The Kier molecular flexibility index (Phi) is 10.8. The average Bonchev–Trinajstić information content (AvgIpc) is 2.90. The molecule has 0 spiro atoms. The molecule has 7 heteroatoms. The summed E-state index contributed by atoms with van der Waals surface area (Å²) in [6, 6.07) is 22.2. The van der Waals surface area contributed by atoms with E-state index in [4.69, 9.17) is 4.74 Å². The van der Waals surface area contributed by atoms with E-state index in [0.29, 0.717) is 29.4 Å². The van der Waals surface area contributed by atoms with Crippen molar-refractivity contribution in [3.05, 3.63) is 78.9 Å². The van der Waals surface area contributed by atoms with Crippen LogP contribution in [0, 0.1) is 0 Å². The summed E-state index contributed by atoms with van der Waals surface area (Å²) in [5.74, 6) is 0.386. The zero-order valence-electron chi connectivity index (χ0n) is 21.4. The Morgan fingerprint density at radius 2 is 1.16 bits per heavy atom. The first-order valence-corrected chi connectivity index (χ1v) is 13.0. The Labute approximate surface area is 218 Å². The largest absolute Gasteiger partial charge is 0.491 e. The van der Waals surface area contributed by atoms with Crippen LogP contribution in [0.1, 0.15) is 58.3 Å². The van der Waals surface area contributed by atoms with E-state index in [1.807, 2.05) is 0 Å². The maximum absolute atomic E-state index is 12.4. The Hall–Kier alpha value is -4.00. The van der Waals surface area contributed by atoms with E-state index in [1.54, 1.807) is 78.9 Å². The first-order valence-electron chi connectivity index (χ1n) is 13.0. The van der Waals surface area contributed by atoms with E-state index in [2.05, 4.69) is 6.92 Å². The van der Waals surface area contributed by atoms with Gasteiger partial charge in [-0.3, -0.25) is 0 Å². The molecule has 3 aromatic rings. The minimum atomic E-state index is -1.19. The van der Waals surface area contributed by atoms with Gasteiger partial charge in [0.2, 0.25) is 0 Å². The molecule has 0 saturated carbocycles. The van der Waals surface area contributed by atoms with E-state index in [-0.39, 0.29) is 5.69 Å². The standard InChI is InChI=1S/C30H36N2O5/c1-2-3-4-5-6-7-8-15-22-37-28-21-20-26(31(29(33)34)24-16-11-9-12-17-24)23-27(28)32(30(35)36)25-18-13-10-14-19-25/h9-14,16-21,23H,2-8,15,22H2,1H3,(H,33,34)(H,35,36). The number of nitrogens with zero attached hydrogens (tertiary/aromatic N) is 2. The third-order valence-electron chi connectivity index (χ3n) is 6.11. The number of para-hydroxylation sites is 2. The van der Waals surface area contributed by atoms with Gasteiger partial charge in [0.05, 0.1) is 29.4 Å². The van der Waals surface area contributed by atoms with Crippen molar-refractivity contribution in [3.63, 3.8) is 0 Å². The molecule has 0 aliphatic carbocycles. The summed E-state index contributed by atoms with van der Waals surface area (Å²) < 4.78 is 6.06. The van der Waals surface area contributed by atoms with Gasteiger partial charge in [-0.1, -0.05) is 88.3 Å². The highest BCUT2D eigenvalue weighted by molar-refractivity contribution is 6.00. The summed E-state index contributed by atoms with van der Waals surface area (Å²) in [7, 11) is 0. The fraction of sp³-hybridized carbons (Fsp3) is 0.333. The minimum absolute atomic E-state index is 0.262. The molecule has 0 bridgehead atoms. The molecule has 0 radical (unpaired) electrons. The average molecular weight is 505 g/mol. The number of unbranched alkanes of at least 4 members (excludes halogenated alkanes) is 7. The second-order valence-electron chi connectivity index (χ2n) is 8.88. The molecule has 2 amide bonds. The molecule has 0 aromatic heterocycles. The second kappa shape index (κ2) is 14.5. The van der Waals surface area contributed by atoms with Crippen molar-refractivity contribution in [1.82, 2.24) is 0 Å². The Bertz CT molecular complexity index is 1120. The molecule has 3 rings (SSSR count). The van der Waals surface area contributed by atoms with Crippen LogP contribution in [0.3, 0.4) is 0 Å². The van der Waals surface area contributed by atoms with E-state index < -0.39 is 12.2 Å². The molecule has 0 atom stereocenters. The maximum atomic E-state index is 12.4. The van der Waals surface area contributed by atoms with Gasteiger partial charge in [0.25, 0.3) is 0 Å². The summed E-state index contributed by atoms with van der Waals surface area (Å²) in [6.07, 6.45) is 6.96. The Morgan fingerprint density at radius 1 is 0.649 bits per heavy atom. The second-order valence-corrected chi connectivity index (χ2v) is 8.88. The molecular weight excluding hydrogens is 468 g/mol. The van der Waals surface area contributed by atoms with E-state index in [9.17, 15) is 19.8 Å². The van der Waals surface area contributed by atoms with Crippen molar-refractivity contribution < 1.29 is 24.5 Å². The highest BCUT2D eigenvalue weighted by Crippen LogP contribution is 2.39. The first-order chi connectivity index (χ1) is 18.0. The fourth-order valence-electron chi connectivity index (χ4n) is 4.24. The Balaban J connectivity index is 1.85. The lowest BCUT2D eigenvalue weighted by atomic mass is 10.1. The number of ether oxygens (including phenoxy) is 1. The summed E-state index contributed by atoms with van der Waals surface area (Å²) in [5.41, 5.74) is 1.47. The topological polar surface area (TPSA) is 90.3 Å². The number of rotatable bonds is 14. The molecule has 7 nitrogen and oxygen atoms in total. The molecule has 0 aliphatic rings. The lowest BCUT2D eigenvalue weighted by molar-refractivity contribution is 0.203. The van der Waals surface area contributed by atoms with Gasteiger partial charge in [-0.05, 0) is 48.9 Å². The predicted molar refractivity (Wildman–Crippen MR) is 148 cm³/mol. The number of carbonyl (C=O) groups is 2. The molecule has 196 valence electrons. The highest BCUT2D eigenvalue weighted by atomic mass is 16.5. The van der Waals surface area contributed by atoms with Crippen LogP contribution >= 0.6 is 0 Å². The highest BCUT2D eigenvalue weighted by Gasteiger charge is 2.25. The van der Waals surface area contributed by atoms with Crippen molar-refractivity contribution in [2.75, 3.05) is 16.4 Å². The molecule has 0 saturated heterocycles. The summed E-state index contributed by atoms with van der Waals surface area (Å²) >= 11 is 0. The molecule has 0 fully saturated rings. The van der Waals surface area contributed by atoms with Crippen molar-refractivity contribution in [2.24, 2.45) is 0 Å². The molecule has 0 unspecified atom stereocenters. The zero-order chi connectivity index (χ0) is 26.5. The fourth-order valence-corrected chi connectivity index (χ4v) is 4.24. The Morgan fingerprint density at radius 3 is 1.70 bits per heavy atom. The lowest BCUT2D eigenvalue weighted by Gasteiger charge is -2.26. The number of carboxylic acid groups (broad SMARTS) is 2. The lowest BCUT2D eigenvalue weighted by Crippen LogP contribution is -2.26. The normalized spacial score (nSPS) is 10.6. The third kappa shape index (κ3) is 8.00. The smallest absolute Gasteiger partial charge is 0.416 e. The van der Waals surface area contributed by atoms with Crippen LogP contribution < -0.4 is 14.5 Å². The molecule has 2 N–H and O–H groups in total. The van der Waals surface area contributed by atoms with Gasteiger partial charge < -0.3 is 14.9 Å². The zero-order valence-corrected chi connectivity index (χ0v) is 21.4. The molecular formula is C30H36N2O5. The molecule has 37 heavy (non-hydrogen) atoms. The van der Waals surface area contributed by atoms with Crippen LogP contribution in [-0.2, 0) is 0 Å². The first kappa shape index (κ1) is 27.6. The third-order valence-corrected chi connectivity index (χ3v) is 6.11. The van der Waals surface area contributed by atoms with E-state index >= 15 is 0 Å². The van der Waals surface area contributed by atoms with Gasteiger partial charge >= 0.3 is 12.2 Å². The van der Waals surface area contributed by atoms with Crippen LogP contribution in [0.2, 0.25) is 0 Å². The number of hydrogen-bond acceptors (Lipinski definition) is 3. The summed E-state index contributed by atoms with van der Waals surface area (Å²) in [5, 5.41) is 20.1. The van der Waals surface area contributed by atoms with Gasteiger partial charge in [-0.25, -0.2) is 19.4 Å². The van der Waals surface area contributed by atoms with Crippen LogP contribution in [0.25, 0.3) is 0 Å². The van der Waals surface area contributed by atoms with Gasteiger partial charge in [0.1, 0.15) is 5.75 Å². The van der Waals surface area contributed by atoms with Crippen LogP contribution in [0.5, 0.6) is 5.75 Å². The quantitative estimate of drug-likeness (QED) is 0.214. The molecule has 0 heterocycles. The van der Waals surface area contributed by atoms with Gasteiger partial charge in [-0.2, -0.15) is 0 Å². The van der Waals surface area contributed by atoms with Crippen LogP contribution in [0.15, 0.2) is 78.9 Å². The van der Waals surface area contributed by atoms with Crippen molar-refractivity contribution >= 4 is 34.9 Å². The van der Waals surface area contributed by atoms with Crippen molar-refractivity contribution in [1.29, 1.82) is 0 Å². The monoisotopic (exact) mass is 504 g/mol. The number of anilines is 4. The van der Waals surface area contributed by atoms with Crippen molar-refractivity contribution in [2.45, 2.75) is 58.3 Å². The van der Waals surface area contributed by atoms with Crippen LogP contribution in [-0.4, -0.2) is 29.0 Å². The summed E-state index contributed by atoms with van der Waals surface area (Å²) in [4.78, 5) is 26.8. The minimum Gasteiger partial charge on any atom is -0.491 e. The van der Waals surface area contributed by atoms with E-state index in [0.717, 1.165) is 29.1 Å². The SMILES string of the molecule is CCCCCCCCCCOc1ccc(N(C(=O)O)c2ccccc2)cc1N(C(=O)O)c1ccccc1. The van der Waals surface area contributed by atoms with Gasteiger partial charge in [-0.15, -0.1) is 0 Å². The van der Waals surface area contributed by atoms with Crippen molar-refractivity contribution in [3.8, 4) is 5.75 Å². The van der Waals surface area contributed by atoms with Gasteiger partial charge in [0.15, 0.2) is 0 Å². The number of amides is 2. The summed E-state index contributed by atoms with van der Waals surface area (Å²) in [6.45, 7) is 2.66. The van der Waals surface area contributed by atoms with E-state index in [1.165, 1.54) is 32.1 Å². The number of hydrogen-bond donors (Lipinski definition) is 2. The maximum Gasteiger partial charge on any atom is 0.416 e. The molecule has 0 aliphatic heterocycles. The number of benzene rings is 3.